The van der Waals surface area contributed by atoms with E-state index in [1.165, 1.54) is 23.0 Å². The van der Waals surface area contributed by atoms with Crippen LogP contribution in [0.2, 0.25) is 0 Å². The van der Waals surface area contributed by atoms with Gasteiger partial charge in [-0.2, -0.15) is 0 Å². The number of rotatable bonds is 6. The van der Waals surface area contributed by atoms with Crippen molar-refractivity contribution in [3.8, 4) is 17.2 Å². The molecule has 34 heavy (non-hydrogen) atoms. The largest absolute Gasteiger partial charge is 0.508 e. The van der Waals surface area contributed by atoms with Gasteiger partial charge in [-0.1, -0.05) is 23.5 Å². The van der Waals surface area contributed by atoms with Gasteiger partial charge in [0.1, 0.15) is 23.3 Å². The van der Waals surface area contributed by atoms with Crippen LogP contribution in [0.25, 0.3) is 6.08 Å². The molecular formula is C25H24N2O6S. The fourth-order valence-electron chi connectivity index (χ4n) is 3.86. The summed E-state index contributed by atoms with van der Waals surface area (Å²) < 4.78 is 18.3. The highest BCUT2D eigenvalue weighted by Gasteiger charge is 2.35. The Kier molecular flexibility index (Phi) is 6.56. The van der Waals surface area contributed by atoms with Gasteiger partial charge in [0, 0.05) is 5.56 Å². The molecule has 176 valence electrons. The Labute approximate surface area is 199 Å². The van der Waals surface area contributed by atoms with Crippen molar-refractivity contribution >= 4 is 23.4 Å². The summed E-state index contributed by atoms with van der Waals surface area (Å²) in [6.07, 6.45) is 1.73. The van der Waals surface area contributed by atoms with Crippen molar-refractivity contribution in [2.24, 2.45) is 4.99 Å². The van der Waals surface area contributed by atoms with Crippen molar-refractivity contribution in [2.75, 3.05) is 20.8 Å². The van der Waals surface area contributed by atoms with Gasteiger partial charge in [0.2, 0.25) is 0 Å². The number of nitrogens with zero attached hydrogens (tertiary/aromatic N) is 2. The van der Waals surface area contributed by atoms with E-state index in [1.807, 2.05) is 0 Å². The maximum Gasteiger partial charge on any atom is 0.338 e. The third kappa shape index (κ3) is 4.22. The molecule has 0 aliphatic carbocycles. The summed E-state index contributed by atoms with van der Waals surface area (Å²) in [5.41, 5.74) is 1.75. The number of methoxy groups -OCH3 is 2. The minimum atomic E-state index is -0.817. The molecule has 0 fully saturated rings. The highest BCUT2D eigenvalue weighted by molar-refractivity contribution is 7.07. The molecule has 8 nitrogen and oxygen atoms in total. The number of phenols is 1. The number of ether oxygens (including phenoxy) is 3. The topological polar surface area (TPSA) is 99.4 Å². The van der Waals surface area contributed by atoms with E-state index in [2.05, 4.69) is 4.99 Å². The number of hydrogen-bond acceptors (Lipinski definition) is 8. The molecule has 0 amide bonds. The normalized spacial score (nSPS) is 15.5. The lowest BCUT2D eigenvalue weighted by Crippen LogP contribution is -2.40. The predicted molar refractivity (Wildman–Crippen MR) is 128 cm³/mol. The number of phenolic OH excluding ortho intramolecular Hbond substituents is 1. The third-order valence-corrected chi connectivity index (χ3v) is 6.42. The van der Waals surface area contributed by atoms with Crippen LogP contribution in [0, 0.1) is 0 Å². The van der Waals surface area contributed by atoms with Crippen LogP contribution in [0.4, 0.5) is 0 Å². The van der Waals surface area contributed by atoms with E-state index < -0.39 is 12.0 Å². The van der Waals surface area contributed by atoms with Crippen molar-refractivity contribution in [2.45, 2.75) is 19.9 Å². The number of aromatic hydroxyl groups is 1. The summed E-state index contributed by atoms with van der Waals surface area (Å²) >= 11 is 1.22. The molecule has 0 bridgehead atoms. The van der Waals surface area contributed by atoms with Crippen LogP contribution in [0.15, 0.2) is 63.5 Å². The van der Waals surface area contributed by atoms with E-state index in [4.69, 9.17) is 14.2 Å². The zero-order valence-corrected chi connectivity index (χ0v) is 20.0. The highest BCUT2D eigenvalue weighted by atomic mass is 32.1. The van der Waals surface area contributed by atoms with E-state index >= 15 is 0 Å². The molecule has 0 saturated heterocycles. The van der Waals surface area contributed by atoms with Crippen LogP contribution in [-0.2, 0) is 9.53 Å². The van der Waals surface area contributed by atoms with Gasteiger partial charge in [0.25, 0.3) is 5.56 Å². The first-order valence-corrected chi connectivity index (χ1v) is 11.4. The van der Waals surface area contributed by atoms with E-state index in [-0.39, 0.29) is 23.5 Å². The Hall–Kier alpha value is -3.85. The van der Waals surface area contributed by atoms with E-state index in [9.17, 15) is 14.7 Å². The zero-order chi connectivity index (χ0) is 24.4. The SMILES string of the molecule is CCOC(=O)C1=C(C)N=c2s/c(=C/c3ccc(O)cc3)c(=O)n2[C@H]1c1cc(OC)ccc1OC. The van der Waals surface area contributed by atoms with Gasteiger partial charge in [-0.05, 0) is 55.8 Å². The number of carbonyl (C=O) groups excluding carboxylic acids is 1. The Balaban J connectivity index is 2.01. The summed E-state index contributed by atoms with van der Waals surface area (Å²) in [6, 6.07) is 10.9. The monoisotopic (exact) mass is 480 g/mol. The van der Waals surface area contributed by atoms with Gasteiger partial charge in [0.15, 0.2) is 4.80 Å². The van der Waals surface area contributed by atoms with Gasteiger partial charge in [-0.25, -0.2) is 9.79 Å². The maximum absolute atomic E-state index is 13.6. The zero-order valence-electron chi connectivity index (χ0n) is 19.2. The molecule has 1 aliphatic rings. The van der Waals surface area contributed by atoms with Gasteiger partial charge < -0.3 is 19.3 Å². The molecule has 0 radical (unpaired) electrons. The second-order valence-corrected chi connectivity index (χ2v) is 8.51. The number of benzene rings is 2. The van der Waals surface area contributed by atoms with Crippen LogP contribution >= 0.6 is 11.3 Å². The van der Waals surface area contributed by atoms with Crippen LogP contribution in [0.5, 0.6) is 17.2 Å². The third-order valence-electron chi connectivity index (χ3n) is 5.44. The van der Waals surface area contributed by atoms with Gasteiger partial charge in [-0.3, -0.25) is 9.36 Å². The molecule has 2 heterocycles. The fourth-order valence-corrected chi connectivity index (χ4v) is 4.91. The Morgan fingerprint density at radius 3 is 2.56 bits per heavy atom. The number of aromatic nitrogens is 1. The first-order valence-electron chi connectivity index (χ1n) is 10.6. The molecule has 3 aromatic rings. The lowest BCUT2D eigenvalue weighted by molar-refractivity contribution is -0.139. The molecule has 4 rings (SSSR count). The first-order chi connectivity index (χ1) is 16.4. The summed E-state index contributed by atoms with van der Waals surface area (Å²) in [5.74, 6) is 0.639. The van der Waals surface area contributed by atoms with Crippen molar-refractivity contribution < 1.29 is 24.1 Å². The van der Waals surface area contributed by atoms with Crippen LogP contribution in [0.1, 0.15) is 31.0 Å². The maximum atomic E-state index is 13.6. The summed E-state index contributed by atoms with van der Waals surface area (Å²) in [4.78, 5) is 31.7. The molecule has 9 heteroatoms. The molecular weight excluding hydrogens is 456 g/mol. The Morgan fingerprint density at radius 1 is 1.18 bits per heavy atom. The van der Waals surface area contributed by atoms with Crippen molar-refractivity contribution in [1.82, 2.24) is 4.57 Å². The standard InChI is InChI=1S/C25H24N2O6S/c1-5-33-24(30)21-14(2)26-25-27(22(21)18-13-17(31-3)10-11-19(18)32-4)23(29)20(34-25)12-15-6-8-16(28)9-7-15/h6-13,22,28H,5H2,1-4H3/b20-12+/t22-/m0/s1. The number of allylic oxidation sites excluding steroid dienone is 1. The van der Waals surface area contributed by atoms with Crippen LogP contribution in [-0.4, -0.2) is 36.5 Å². The summed E-state index contributed by atoms with van der Waals surface area (Å²) in [6.45, 7) is 3.63. The number of thiazole rings is 1. The minimum absolute atomic E-state index is 0.137. The molecule has 1 aliphatic heterocycles. The average Bonchev–Trinajstić information content (AvgIpc) is 3.13. The van der Waals surface area contributed by atoms with Crippen molar-refractivity contribution in [3.05, 3.63) is 84.5 Å². The highest BCUT2D eigenvalue weighted by Crippen LogP contribution is 2.37. The molecule has 1 atom stereocenters. The number of esters is 1. The average molecular weight is 481 g/mol. The van der Waals surface area contributed by atoms with Crippen molar-refractivity contribution in [3.63, 3.8) is 0 Å². The van der Waals surface area contributed by atoms with E-state index in [0.29, 0.717) is 32.1 Å². The van der Waals surface area contributed by atoms with Gasteiger partial charge in [0.05, 0.1) is 36.6 Å². The van der Waals surface area contributed by atoms with Gasteiger partial charge in [-0.15, -0.1) is 0 Å². The number of carbonyl (C=O) groups is 1. The lowest BCUT2D eigenvalue weighted by Gasteiger charge is -2.26. The molecule has 1 N–H and O–H groups in total. The summed E-state index contributed by atoms with van der Waals surface area (Å²) in [7, 11) is 3.07. The van der Waals surface area contributed by atoms with Gasteiger partial charge >= 0.3 is 5.97 Å². The number of hydrogen-bond donors (Lipinski definition) is 1. The fraction of sp³-hybridized carbons (Fsp3) is 0.240. The van der Waals surface area contributed by atoms with Crippen LogP contribution in [0.3, 0.4) is 0 Å². The molecule has 2 aromatic carbocycles. The quantitative estimate of drug-likeness (QED) is 0.545. The van der Waals surface area contributed by atoms with Crippen LogP contribution < -0.4 is 24.4 Å². The molecule has 1 aromatic heterocycles. The molecule has 0 spiro atoms. The Bertz CT molecular complexity index is 1450. The first kappa shape index (κ1) is 23.3. The predicted octanol–water partition coefficient (Wildman–Crippen LogP) is 2.52. The number of fused-ring (bicyclic) bond motifs is 1. The second-order valence-electron chi connectivity index (χ2n) is 7.50. The molecule has 0 unspecified atom stereocenters. The Morgan fingerprint density at radius 2 is 1.91 bits per heavy atom. The smallest absolute Gasteiger partial charge is 0.338 e. The molecule has 0 saturated carbocycles. The van der Waals surface area contributed by atoms with E-state index in [1.54, 1.807) is 69.5 Å². The lowest BCUT2D eigenvalue weighted by atomic mass is 9.94. The summed E-state index contributed by atoms with van der Waals surface area (Å²) in [5, 5.41) is 9.55. The minimum Gasteiger partial charge on any atom is -0.508 e. The second kappa shape index (κ2) is 9.56. The van der Waals surface area contributed by atoms with Crippen molar-refractivity contribution in [1.29, 1.82) is 0 Å². The van der Waals surface area contributed by atoms with E-state index in [0.717, 1.165) is 5.56 Å².